The molecule has 0 aliphatic rings. The van der Waals surface area contributed by atoms with Crippen LogP contribution in [0.2, 0.25) is 0 Å². The summed E-state index contributed by atoms with van der Waals surface area (Å²) in [6, 6.07) is 6.06. The molecule has 3 N–H and O–H groups in total. The zero-order valence-corrected chi connectivity index (χ0v) is 11.2. The maximum absolute atomic E-state index is 11.2. The number of aliphatic carboxylic acids is 1. The van der Waals surface area contributed by atoms with Crippen LogP contribution in [0, 0.1) is 5.41 Å². The van der Waals surface area contributed by atoms with Crippen molar-refractivity contribution in [3.63, 3.8) is 0 Å². The molecule has 0 spiro atoms. The van der Waals surface area contributed by atoms with Crippen LogP contribution in [0.3, 0.4) is 0 Å². The SMILES string of the molecule is CCC(C)(CNCc1ccc2cn[nH]c2c1)C(=O)O. The van der Waals surface area contributed by atoms with E-state index in [9.17, 15) is 9.90 Å². The number of carbonyl (C=O) groups is 1. The largest absolute Gasteiger partial charge is 0.481 e. The summed E-state index contributed by atoms with van der Waals surface area (Å²) in [6.07, 6.45) is 2.39. The van der Waals surface area contributed by atoms with Crippen molar-refractivity contribution in [1.82, 2.24) is 15.5 Å². The van der Waals surface area contributed by atoms with Crippen molar-refractivity contribution < 1.29 is 9.90 Å². The summed E-state index contributed by atoms with van der Waals surface area (Å²) in [4.78, 5) is 11.2. The van der Waals surface area contributed by atoms with Gasteiger partial charge in [0.2, 0.25) is 0 Å². The van der Waals surface area contributed by atoms with E-state index >= 15 is 0 Å². The number of hydrogen-bond donors (Lipinski definition) is 3. The second-order valence-corrected chi connectivity index (χ2v) is 5.11. The van der Waals surface area contributed by atoms with Crippen molar-refractivity contribution in [1.29, 1.82) is 0 Å². The zero-order chi connectivity index (χ0) is 13.9. The van der Waals surface area contributed by atoms with E-state index in [0.717, 1.165) is 16.5 Å². The third-order valence-corrected chi connectivity index (χ3v) is 3.65. The summed E-state index contributed by atoms with van der Waals surface area (Å²) in [5.41, 5.74) is 1.40. The Morgan fingerprint density at radius 1 is 1.53 bits per heavy atom. The lowest BCUT2D eigenvalue weighted by Crippen LogP contribution is -2.37. The van der Waals surface area contributed by atoms with Crippen LogP contribution in [-0.4, -0.2) is 27.8 Å². The molecule has 102 valence electrons. The van der Waals surface area contributed by atoms with Crippen LogP contribution in [0.5, 0.6) is 0 Å². The molecule has 1 heterocycles. The van der Waals surface area contributed by atoms with Gasteiger partial charge in [0.25, 0.3) is 0 Å². The fourth-order valence-electron chi connectivity index (χ4n) is 1.93. The van der Waals surface area contributed by atoms with E-state index < -0.39 is 11.4 Å². The third kappa shape index (κ3) is 2.93. The van der Waals surface area contributed by atoms with Crippen LogP contribution in [-0.2, 0) is 11.3 Å². The van der Waals surface area contributed by atoms with Crippen molar-refractivity contribution in [3.8, 4) is 0 Å². The van der Waals surface area contributed by atoms with Gasteiger partial charge >= 0.3 is 5.97 Å². The second-order valence-electron chi connectivity index (χ2n) is 5.11. The standard InChI is InChI=1S/C14H19N3O2/c1-3-14(2,13(18)19)9-15-7-10-4-5-11-8-16-17-12(11)6-10/h4-6,8,15H,3,7,9H2,1-2H3,(H,16,17)(H,18,19). The van der Waals surface area contributed by atoms with Gasteiger partial charge in [-0.25, -0.2) is 0 Å². The molecule has 0 amide bonds. The number of benzene rings is 1. The molecule has 0 bridgehead atoms. The summed E-state index contributed by atoms with van der Waals surface area (Å²) < 4.78 is 0. The van der Waals surface area contributed by atoms with Crippen LogP contribution >= 0.6 is 0 Å². The summed E-state index contributed by atoms with van der Waals surface area (Å²) >= 11 is 0. The minimum absolute atomic E-state index is 0.458. The van der Waals surface area contributed by atoms with E-state index in [4.69, 9.17) is 0 Å². The molecule has 0 fully saturated rings. The van der Waals surface area contributed by atoms with Gasteiger partial charge in [-0.05, 0) is 25.0 Å². The molecule has 1 atom stereocenters. The Morgan fingerprint density at radius 3 is 3.00 bits per heavy atom. The number of nitrogens with one attached hydrogen (secondary N) is 2. The molecule has 19 heavy (non-hydrogen) atoms. The number of aromatic nitrogens is 2. The van der Waals surface area contributed by atoms with Gasteiger partial charge in [0.05, 0.1) is 17.1 Å². The molecule has 5 nitrogen and oxygen atoms in total. The number of H-pyrrole nitrogens is 1. The molecular formula is C14H19N3O2. The highest BCUT2D eigenvalue weighted by molar-refractivity contribution is 5.78. The maximum Gasteiger partial charge on any atom is 0.310 e. The normalized spacial score (nSPS) is 14.4. The third-order valence-electron chi connectivity index (χ3n) is 3.65. The van der Waals surface area contributed by atoms with Gasteiger partial charge in [-0.15, -0.1) is 0 Å². The second kappa shape index (κ2) is 5.40. The van der Waals surface area contributed by atoms with E-state index in [2.05, 4.69) is 15.5 Å². The molecule has 2 rings (SSSR count). The number of carboxylic acids is 1. The average molecular weight is 261 g/mol. The highest BCUT2D eigenvalue weighted by Gasteiger charge is 2.30. The van der Waals surface area contributed by atoms with Gasteiger partial charge in [0.1, 0.15) is 0 Å². The highest BCUT2D eigenvalue weighted by atomic mass is 16.4. The topological polar surface area (TPSA) is 78.0 Å². The highest BCUT2D eigenvalue weighted by Crippen LogP contribution is 2.20. The number of nitrogens with zero attached hydrogens (tertiary/aromatic N) is 1. The van der Waals surface area contributed by atoms with Crippen LogP contribution in [0.25, 0.3) is 10.9 Å². The molecule has 0 aliphatic carbocycles. The Kier molecular flexibility index (Phi) is 3.85. The molecule has 0 radical (unpaired) electrons. The molecule has 5 heteroatoms. The first-order chi connectivity index (χ1) is 9.05. The Balaban J connectivity index is 1.97. The molecule has 1 aromatic carbocycles. The number of aromatic amines is 1. The Bertz CT molecular complexity index is 579. The van der Waals surface area contributed by atoms with Crippen LogP contribution in [0.1, 0.15) is 25.8 Å². The van der Waals surface area contributed by atoms with E-state index in [1.807, 2.05) is 25.1 Å². The minimum atomic E-state index is -0.758. The minimum Gasteiger partial charge on any atom is -0.481 e. The lowest BCUT2D eigenvalue weighted by Gasteiger charge is -2.23. The molecule has 2 aromatic rings. The zero-order valence-electron chi connectivity index (χ0n) is 11.2. The maximum atomic E-state index is 11.2. The predicted molar refractivity (Wildman–Crippen MR) is 73.8 cm³/mol. The monoisotopic (exact) mass is 261 g/mol. The fraction of sp³-hybridized carbons (Fsp3) is 0.429. The van der Waals surface area contributed by atoms with Crippen molar-refractivity contribution >= 4 is 16.9 Å². The number of rotatable bonds is 6. The van der Waals surface area contributed by atoms with Gasteiger partial charge in [-0.2, -0.15) is 5.10 Å². The first-order valence-corrected chi connectivity index (χ1v) is 6.41. The van der Waals surface area contributed by atoms with Gasteiger partial charge in [-0.1, -0.05) is 19.1 Å². The number of fused-ring (bicyclic) bond motifs is 1. The smallest absolute Gasteiger partial charge is 0.310 e. The van der Waals surface area contributed by atoms with E-state index in [0.29, 0.717) is 19.5 Å². The van der Waals surface area contributed by atoms with Gasteiger partial charge in [0, 0.05) is 18.5 Å². The molecule has 0 aliphatic heterocycles. The Morgan fingerprint density at radius 2 is 2.32 bits per heavy atom. The Labute approximate surface area is 112 Å². The van der Waals surface area contributed by atoms with Crippen molar-refractivity contribution in [2.45, 2.75) is 26.8 Å². The molecule has 0 saturated heterocycles. The molecule has 1 aromatic heterocycles. The van der Waals surface area contributed by atoms with Crippen molar-refractivity contribution in [3.05, 3.63) is 30.0 Å². The quantitative estimate of drug-likeness (QED) is 0.744. The lowest BCUT2D eigenvalue weighted by molar-refractivity contribution is -0.147. The lowest BCUT2D eigenvalue weighted by atomic mass is 9.87. The van der Waals surface area contributed by atoms with Gasteiger partial charge in [-0.3, -0.25) is 9.89 Å². The summed E-state index contributed by atoms with van der Waals surface area (Å²) in [7, 11) is 0. The van der Waals surface area contributed by atoms with Crippen molar-refractivity contribution in [2.75, 3.05) is 6.54 Å². The summed E-state index contributed by atoms with van der Waals surface area (Å²) in [6.45, 7) is 4.77. The number of hydrogen-bond acceptors (Lipinski definition) is 3. The first-order valence-electron chi connectivity index (χ1n) is 6.41. The van der Waals surface area contributed by atoms with Gasteiger partial charge < -0.3 is 10.4 Å². The first kappa shape index (κ1) is 13.5. The van der Waals surface area contributed by atoms with E-state index in [1.165, 1.54) is 0 Å². The van der Waals surface area contributed by atoms with Crippen LogP contribution < -0.4 is 5.32 Å². The Hall–Kier alpha value is -1.88. The predicted octanol–water partition coefficient (Wildman–Crippen LogP) is 2.15. The van der Waals surface area contributed by atoms with E-state index in [-0.39, 0.29) is 0 Å². The summed E-state index contributed by atoms with van der Waals surface area (Å²) in [5, 5.41) is 20.4. The average Bonchev–Trinajstić information content (AvgIpc) is 2.85. The molecule has 1 unspecified atom stereocenters. The molecule has 0 saturated carbocycles. The fourth-order valence-corrected chi connectivity index (χ4v) is 1.93. The van der Waals surface area contributed by atoms with Gasteiger partial charge in [0.15, 0.2) is 0 Å². The van der Waals surface area contributed by atoms with Crippen molar-refractivity contribution in [2.24, 2.45) is 5.41 Å². The van der Waals surface area contributed by atoms with E-state index in [1.54, 1.807) is 13.1 Å². The number of carboxylic acid groups (broad SMARTS) is 1. The van der Waals surface area contributed by atoms with Crippen LogP contribution in [0.4, 0.5) is 0 Å². The molecular weight excluding hydrogens is 242 g/mol. The van der Waals surface area contributed by atoms with Crippen LogP contribution in [0.15, 0.2) is 24.4 Å². The summed E-state index contributed by atoms with van der Waals surface area (Å²) in [5.74, 6) is -0.758.